The molecule has 0 saturated carbocycles. The number of aromatic nitrogens is 1. The molecular formula is C16H12ClNO2. The number of methoxy groups -OCH3 is 1. The maximum absolute atomic E-state index is 5.94. The van der Waals surface area contributed by atoms with Crippen LogP contribution in [0.3, 0.4) is 0 Å². The molecule has 1 aromatic heterocycles. The largest absolute Gasteiger partial charge is 0.496 e. The highest BCUT2D eigenvalue weighted by atomic mass is 35.5. The number of rotatable bonds is 3. The third-order valence-electron chi connectivity index (χ3n) is 3.00. The smallest absolute Gasteiger partial charge is 0.293 e. The molecule has 0 aliphatic heterocycles. The predicted molar refractivity (Wildman–Crippen MR) is 78.9 cm³/mol. The van der Waals surface area contributed by atoms with Crippen molar-refractivity contribution >= 4 is 11.6 Å². The highest BCUT2D eigenvalue weighted by Crippen LogP contribution is 2.38. The third kappa shape index (κ3) is 2.28. The van der Waals surface area contributed by atoms with Crippen molar-refractivity contribution in [2.45, 2.75) is 0 Å². The molecule has 0 atom stereocenters. The van der Waals surface area contributed by atoms with Gasteiger partial charge in [0.1, 0.15) is 11.4 Å². The molecule has 0 aliphatic carbocycles. The van der Waals surface area contributed by atoms with Crippen molar-refractivity contribution in [2.24, 2.45) is 0 Å². The van der Waals surface area contributed by atoms with E-state index >= 15 is 0 Å². The van der Waals surface area contributed by atoms with Crippen LogP contribution >= 0.6 is 11.6 Å². The molecule has 0 bridgehead atoms. The number of para-hydroxylation sites is 1. The van der Waals surface area contributed by atoms with Crippen molar-refractivity contribution in [1.82, 2.24) is 4.98 Å². The summed E-state index contributed by atoms with van der Waals surface area (Å²) in [5, 5.41) is 0.116. The van der Waals surface area contributed by atoms with Gasteiger partial charge in [-0.25, -0.2) is 0 Å². The first-order chi connectivity index (χ1) is 9.79. The van der Waals surface area contributed by atoms with Crippen molar-refractivity contribution in [3.8, 4) is 28.3 Å². The van der Waals surface area contributed by atoms with Crippen LogP contribution in [-0.2, 0) is 0 Å². The van der Waals surface area contributed by atoms with E-state index in [-0.39, 0.29) is 5.35 Å². The van der Waals surface area contributed by atoms with Crippen LogP contribution in [0.2, 0.25) is 5.35 Å². The lowest BCUT2D eigenvalue weighted by Crippen LogP contribution is -1.88. The summed E-state index contributed by atoms with van der Waals surface area (Å²) >= 11 is 5.94. The Hall–Kier alpha value is -2.26. The minimum Gasteiger partial charge on any atom is -0.496 e. The second-order valence-electron chi connectivity index (χ2n) is 4.21. The normalized spacial score (nSPS) is 10.5. The maximum atomic E-state index is 5.94. The SMILES string of the molecule is COc1ccccc1-c1oc(Cl)nc1-c1ccccc1. The van der Waals surface area contributed by atoms with E-state index in [2.05, 4.69) is 4.98 Å². The number of nitrogens with zero attached hydrogens (tertiary/aromatic N) is 1. The minimum absolute atomic E-state index is 0.116. The van der Waals surface area contributed by atoms with Crippen molar-refractivity contribution in [2.75, 3.05) is 7.11 Å². The Morgan fingerprint density at radius 2 is 1.70 bits per heavy atom. The first kappa shape index (κ1) is 12.8. The molecule has 0 saturated heterocycles. The molecule has 100 valence electrons. The van der Waals surface area contributed by atoms with E-state index in [1.165, 1.54) is 0 Å². The number of ether oxygens (including phenoxy) is 1. The Morgan fingerprint density at radius 3 is 2.45 bits per heavy atom. The van der Waals surface area contributed by atoms with E-state index in [9.17, 15) is 0 Å². The van der Waals surface area contributed by atoms with Gasteiger partial charge in [-0.15, -0.1) is 0 Å². The van der Waals surface area contributed by atoms with Gasteiger partial charge in [0.15, 0.2) is 5.76 Å². The second-order valence-corrected chi connectivity index (χ2v) is 4.53. The molecule has 0 radical (unpaired) electrons. The summed E-state index contributed by atoms with van der Waals surface area (Å²) < 4.78 is 10.9. The standard InChI is InChI=1S/C16H12ClNO2/c1-19-13-10-6-5-9-12(13)15-14(18-16(17)20-15)11-7-3-2-4-8-11/h2-10H,1H3. The van der Waals surface area contributed by atoms with Gasteiger partial charge in [-0.1, -0.05) is 42.5 Å². The zero-order valence-corrected chi connectivity index (χ0v) is 11.6. The summed E-state index contributed by atoms with van der Waals surface area (Å²) in [5.74, 6) is 1.33. The molecule has 3 nitrogen and oxygen atoms in total. The lowest BCUT2D eigenvalue weighted by Gasteiger charge is -2.06. The van der Waals surface area contributed by atoms with Crippen LogP contribution in [0.1, 0.15) is 0 Å². The van der Waals surface area contributed by atoms with E-state index < -0.39 is 0 Å². The van der Waals surface area contributed by atoms with E-state index in [4.69, 9.17) is 20.8 Å². The van der Waals surface area contributed by atoms with Gasteiger partial charge in [0.25, 0.3) is 5.35 Å². The zero-order chi connectivity index (χ0) is 13.9. The van der Waals surface area contributed by atoms with Gasteiger partial charge in [-0.2, -0.15) is 4.98 Å². The molecule has 3 rings (SSSR count). The Bertz CT molecular complexity index is 722. The molecule has 0 aliphatic rings. The third-order valence-corrected chi connectivity index (χ3v) is 3.16. The average molecular weight is 286 g/mol. The number of oxazole rings is 1. The van der Waals surface area contributed by atoms with Gasteiger partial charge in [0.05, 0.1) is 12.7 Å². The van der Waals surface area contributed by atoms with E-state index in [0.29, 0.717) is 11.5 Å². The summed E-state index contributed by atoms with van der Waals surface area (Å²) in [7, 11) is 1.62. The summed E-state index contributed by atoms with van der Waals surface area (Å²) in [5.41, 5.74) is 2.48. The van der Waals surface area contributed by atoms with Crippen molar-refractivity contribution in [1.29, 1.82) is 0 Å². The lowest BCUT2D eigenvalue weighted by molar-refractivity contribution is 0.414. The van der Waals surface area contributed by atoms with Gasteiger partial charge in [-0.3, -0.25) is 0 Å². The van der Waals surface area contributed by atoms with Crippen LogP contribution in [-0.4, -0.2) is 12.1 Å². The monoisotopic (exact) mass is 285 g/mol. The molecule has 0 unspecified atom stereocenters. The van der Waals surface area contributed by atoms with Gasteiger partial charge in [-0.05, 0) is 23.7 Å². The lowest BCUT2D eigenvalue weighted by atomic mass is 10.1. The number of halogens is 1. The number of hydrogen-bond donors (Lipinski definition) is 0. The fourth-order valence-electron chi connectivity index (χ4n) is 2.10. The summed E-state index contributed by atoms with van der Waals surface area (Å²) in [6.07, 6.45) is 0. The molecule has 1 heterocycles. The number of hydrogen-bond acceptors (Lipinski definition) is 3. The predicted octanol–water partition coefficient (Wildman–Crippen LogP) is 4.67. The van der Waals surface area contributed by atoms with E-state index in [1.54, 1.807) is 7.11 Å². The average Bonchev–Trinajstić information content (AvgIpc) is 2.90. The molecule has 0 N–H and O–H groups in total. The van der Waals surface area contributed by atoms with Crippen LogP contribution in [0.25, 0.3) is 22.6 Å². The molecule has 3 aromatic rings. The first-order valence-electron chi connectivity index (χ1n) is 6.14. The Morgan fingerprint density at radius 1 is 1.00 bits per heavy atom. The number of benzene rings is 2. The van der Waals surface area contributed by atoms with Crippen molar-refractivity contribution < 1.29 is 9.15 Å². The van der Waals surface area contributed by atoms with Crippen LogP contribution < -0.4 is 4.74 Å². The molecule has 4 heteroatoms. The quantitative estimate of drug-likeness (QED) is 0.701. The molecule has 0 spiro atoms. The van der Waals surface area contributed by atoms with Crippen molar-refractivity contribution in [3.05, 3.63) is 59.9 Å². The summed E-state index contributed by atoms with van der Waals surface area (Å²) in [4.78, 5) is 4.28. The Balaban J connectivity index is 2.20. The molecule has 2 aromatic carbocycles. The van der Waals surface area contributed by atoms with Crippen LogP contribution in [0.5, 0.6) is 5.75 Å². The topological polar surface area (TPSA) is 35.3 Å². The van der Waals surface area contributed by atoms with E-state index in [0.717, 1.165) is 16.9 Å². The van der Waals surface area contributed by atoms with Gasteiger partial charge in [0.2, 0.25) is 0 Å². The highest BCUT2D eigenvalue weighted by Gasteiger charge is 2.18. The van der Waals surface area contributed by atoms with Crippen LogP contribution in [0.4, 0.5) is 0 Å². The first-order valence-corrected chi connectivity index (χ1v) is 6.52. The van der Waals surface area contributed by atoms with Gasteiger partial charge in [0, 0.05) is 5.56 Å². The summed E-state index contributed by atoms with van der Waals surface area (Å²) in [6, 6.07) is 17.4. The fraction of sp³-hybridized carbons (Fsp3) is 0.0625. The van der Waals surface area contributed by atoms with Gasteiger partial charge >= 0.3 is 0 Å². The Kier molecular flexibility index (Phi) is 3.44. The second kappa shape index (κ2) is 5.39. The molecule has 0 fully saturated rings. The van der Waals surface area contributed by atoms with E-state index in [1.807, 2.05) is 54.6 Å². The zero-order valence-electron chi connectivity index (χ0n) is 10.8. The molecule has 20 heavy (non-hydrogen) atoms. The molecular weight excluding hydrogens is 274 g/mol. The van der Waals surface area contributed by atoms with Gasteiger partial charge < -0.3 is 9.15 Å². The molecule has 0 amide bonds. The van der Waals surface area contributed by atoms with Crippen LogP contribution in [0, 0.1) is 0 Å². The van der Waals surface area contributed by atoms with Crippen LogP contribution in [0.15, 0.2) is 59.0 Å². The van der Waals surface area contributed by atoms with Crippen molar-refractivity contribution in [3.63, 3.8) is 0 Å². The highest BCUT2D eigenvalue weighted by molar-refractivity contribution is 6.28. The Labute approximate surface area is 121 Å². The summed E-state index contributed by atoms with van der Waals surface area (Å²) in [6.45, 7) is 0. The minimum atomic E-state index is 0.116. The maximum Gasteiger partial charge on any atom is 0.293 e. The fourth-order valence-corrected chi connectivity index (χ4v) is 2.26.